The minimum Gasteiger partial charge on any atom is -0.382 e. The lowest BCUT2D eigenvalue weighted by molar-refractivity contribution is -0.122. The van der Waals surface area contributed by atoms with Gasteiger partial charge in [-0.3, -0.25) is 4.79 Å². The Hall–Kier alpha value is -0.690. The van der Waals surface area contributed by atoms with Crippen molar-refractivity contribution in [2.75, 3.05) is 41.1 Å². The SMILES string of the molecule is CN[C@@H](COCC(COC)OC)C(N)=O. The minimum absolute atomic E-state index is 0.125. The molecule has 0 rings (SSSR count). The number of hydrogen-bond acceptors (Lipinski definition) is 5. The maximum atomic E-state index is 10.8. The molecule has 0 aromatic rings. The zero-order valence-electron chi connectivity index (χ0n) is 9.49. The molecule has 1 amide bonds. The van der Waals surface area contributed by atoms with Crippen LogP contribution in [0.25, 0.3) is 0 Å². The van der Waals surface area contributed by atoms with Gasteiger partial charge in [0.1, 0.15) is 12.1 Å². The van der Waals surface area contributed by atoms with Crippen molar-refractivity contribution in [1.82, 2.24) is 5.32 Å². The van der Waals surface area contributed by atoms with Crippen LogP contribution in [0.15, 0.2) is 0 Å². The number of primary amides is 1. The van der Waals surface area contributed by atoms with Gasteiger partial charge in [0, 0.05) is 14.2 Å². The number of carbonyl (C=O) groups is 1. The normalized spacial score (nSPS) is 14.9. The molecule has 0 aliphatic rings. The third-order valence-electron chi connectivity index (χ3n) is 1.97. The van der Waals surface area contributed by atoms with Crippen molar-refractivity contribution < 1.29 is 19.0 Å². The summed E-state index contributed by atoms with van der Waals surface area (Å²) in [6.45, 7) is 1.06. The van der Waals surface area contributed by atoms with E-state index in [2.05, 4.69) is 5.32 Å². The number of carbonyl (C=O) groups excluding carboxylic acids is 1. The van der Waals surface area contributed by atoms with E-state index in [1.54, 1.807) is 21.3 Å². The van der Waals surface area contributed by atoms with Gasteiger partial charge in [-0.2, -0.15) is 0 Å². The summed E-state index contributed by atoms with van der Waals surface area (Å²) in [6.07, 6.45) is -0.125. The second-order valence-electron chi connectivity index (χ2n) is 3.09. The van der Waals surface area contributed by atoms with E-state index in [0.717, 1.165) is 0 Å². The third kappa shape index (κ3) is 6.40. The molecule has 0 fully saturated rings. The Balaban J connectivity index is 3.69. The molecule has 0 spiro atoms. The number of hydrogen-bond donors (Lipinski definition) is 2. The number of nitrogens with two attached hydrogens (primary N) is 1. The lowest BCUT2D eigenvalue weighted by Gasteiger charge is -2.17. The lowest BCUT2D eigenvalue weighted by Crippen LogP contribution is -2.43. The molecular weight excluding hydrogens is 200 g/mol. The van der Waals surface area contributed by atoms with Crippen LogP contribution in [0.1, 0.15) is 0 Å². The van der Waals surface area contributed by atoms with Crippen LogP contribution in [-0.4, -0.2) is 59.1 Å². The first kappa shape index (κ1) is 14.3. The van der Waals surface area contributed by atoms with Gasteiger partial charge in [0.25, 0.3) is 0 Å². The number of nitrogens with one attached hydrogen (secondary N) is 1. The Labute approximate surface area is 90.1 Å². The number of methoxy groups -OCH3 is 2. The molecule has 0 bridgehead atoms. The van der Waals surface area contributed by atoms with E-state index < -0.39 is 11.9 Å². The molecule has 90 valence electrons. The third-order valence-corrected chi connectivity index (χ3v) is 1.97. The van der Waals surface area contributed by atoms with Crippen LogP contribution in [0.3, 0.4) is 0 Å². The highest BCUT2D eigenvalue weighted by Gasteiger charge is 2.14. The van der Waals surface area contributed by atoms with Gasteiger partial charge in [-0.1, -0.05) is 0 Å². The Morgan fingerprint density at radius 2 is 2.00 bits per heavy atom. The van der Waals surface area contributed by atoms with Gasteiger partial charge in [0.15, 0.2) is 0 Å². The van der Waals surface area contributed by atoms with Crippen molar-refractivity contribution in [2.24, 2.45) is 5.73 Å². The summed E-state index contributed by atoms with van der Waals surface area (Å²) in [5, 5.41) is 2.75. The number of amides is 1. The molecule has 3 N–H and O–H groups in total. The van der Waals surface area contributed by atoms with Crippen LogP contribution < -0.4 is 11.1 Å². The van der Waals surface area contributed by atoms with Crippen molar-refractivity contribution >= 4 is 5.91 Å². The monoisotopic (exact) mass is 220 g/mol. The standard InChI is InChI=1S/C9H20N2O4/c1-11-8(9(10)12)6-15-5-7(14-3)4-13-2/h7-8,11H,4-6H2,1-3H3,(H2,10,12)/t7?,8-/m0/s1. The molecule has 1 unspecified atom stereocenters. The summed E-state index contributed by atoms with van der Waals surface area (Å²) < 4.78 is 15.3. The minimum atomic E-state index is -0.468. The molecule has 0 heterocycles. The molecule has 6 heteroatoms. The van der Waals surface area contributed by atoms with Crippen LogP contribution in [0.2, 0.25) is 0 Å². The fourth-order valence-corrected chi connectivity index (χ4v) is 0.995. The van der Waals surface area contributed by atoms with Gasteiger partial charge in [0.2, 0.25) is 5.91 Å². The number of likely N-dealkylation sites (N-methyl/N-ethyl adjacent to an activating group) is 1. The van der Waals surface area contributed by atoms with E-state index in [4.69, 9.17) is 19.9 Å². The molecule has 0 aromatic carbocycles. The van der Waals surface area contributed by atoms with Gasteiger partial charge < -0.3 is 25.3 Å². The van der Waals surface area contributed by atoms with Crippen molar-refractivity contribution in [3.8, 4) is 0 Å². The highest BCUT2D eigenvalue weighted by Crippen LogP contribution is 1.93. The molecule has 0 aliphatic heterocycles. The van der Waals surface area contributed by atoms with Crippen molar-refractivity contribution in [3.05, 3.63) is 0 Å². The van der Waals surface area contributed by atoms with Gasteiger partial charge >= 0.3 is 0 Å². The first-order chi connectivity index (χ1) is 7.15. The Kier molecular flexibility index (Phi) is 8.21. The van der Waals surface area contributed by atoms with Crippen molar-refractivity contribution in [1.29, 1.82) is 0 Å². The van der Waals surface area contributed by atoms with Crippen LogP contribution in [0.4, 0.5) is 0 Å². The van der Waals surface area contributed by atoms with Gasteiger partial charge in [0.05, 0.1) is 19.8 Å². The number of rotatable bonds is 9. The maximum Gasteiger partial charge on any atom is 0.236 e. The summed E-state index contributed by atoms with van der Waals surface area (Å²) in [5.74, 6) is -0.432. The summed E-state index contributed by atoms with van der Waals surface area (Å²) >= 11 is 0. The van der Waals surface area contributed by atoms with E-state index in [1.807, 2.05) is 0 Å². The predicted octanol–water partition coefficient (Wildman–Crippen LogP) is -1.26. The maximum absolute atomic E-state index is 10.8. The van der Waals surface area contributed by atoms with Crippen LogP contribution in [-0.2, 0) is 19.0 Å². The summed E-state index contributed by atoms with van der Waals surface area (Å²) in [6, 6.07) is -0.468. The van der Waals surface area contributed by atoms with Crippen molar-refractivity contribution in [2.45, 2.75) is 12.1 Å². The van der Waals surface area contributed by atoms with E-state index in [-0.39, 0.29) is 12.7 Å². The molecular formula is C9H20N2O4. The molecule has 6 nitrogen and oxygen atoms in total. The van der Waals surface area contributed by atoms with Crippen molar-refractivity contribution in [3.63, 3.8) is 0 Å². The topological polar surface area (TPSA) is 82.8 Å². The second kappa shape index (κ2) is 8.60. The first-order valence-electron chi connectivity index (χ1n) is 4.71. The Morgan fingerprint density at radius 3 is 2.40 bits per heavy atom. The summed E-state index contributed by atoms with van der Waals surface area (Å²) in [4.78, 5) is 10.8. The first-order valence-corrected chi connectivity index (χ1v) is 4.71. The largest absolute Gasteiger partial charge is 0.382 e. The quantitative estimate of drug-likeness (QED) is 0.506. The van der Waals surface area contributed by atoms with E-state index in [9.17, 15) is 4.79 Å². The lowest BCUT2D eigenvalue weighted by atomic mass is 10.3. The summed E-state index contributed by atoms with van der Waals surface area (Å²) in [7, 11) is 4.82. The van der Waals surface area contributed by atoms with Gasteiger partial charge in [-0.25, -0.2) is 0 Å². The molecule has 0 aliphatic carbocycles. The molecule has 0 saturated heterocycles. The van der Waals surface area contributed by atoms with Gasteiger partial charge in [-0.05, 0) is 7.05 Å². The Morgan fingerprint density at radius 1 is 1.33 bits per heavy atom. The van der Waals surface area contributed by atoms with Crippen LogP contribution in [0, 0.1) is 0 Å². The molecule has 15 heavy (non-hydrogen) atoms. The molecule has 0 saturated carbocycles. The van der Waals surface area contributed by atoms with Crippen LogP contribution in [0.5, 0.6) is 0 Å². The molecule has 2 atom stereocenters. The van der Waals surface area contributed by atoms with Crippen LogP contribution >= 0.6 is 0 Å². The summed E-state index contributed by atoms with van der Waals surface area (Å²) in [5.41, 5.74) is 5.12. The fourth-order valence-electron chi connectivity index (χ4n) is 0.995. The van der Waals surface area contributed by atoms with Gasteiger partial charge in [-0.15, -0.1) is 0 Å². The highest BCUT2D eigenvalue weighted by molar-refractivity contribution is 5.79. The molecule has 0 radical (unpaired) electrons. The average Bonchev–Trinajstić information content (AvgIpc) is 2.22. The Bertz CT molecular complexity index is 177. The zero-order chi connectivity index (χ0) is 11.7. The predicted molar refractivity (Wildman–Crippen MR) is 55.5 cm³/mol. The second-order valence-corrected chi connectivity index (χ2v) is 3.09. The zero-order valence-corrected chi connectivity index (χ0v) is 9.49. The molecule has 0 aromatic heterocycles. The van der Waals surface area contributed by atoms with E-state index in [0.29, 0.717) is 13.2 Å². The van der Waals surface area contributed by atoms with E-state index >= 15 is 0 Å². The highest BCUT2D eigenvalue weighted by atomic mass is 16.5. The number of ether oxygens (including phenoxy) is 3. The smallest absolute Gasteiger partial charge is 0.236 e. The fraction of sp³-hybridized carbons (Fsp3) is 0.889. The average molecular weight is 220 g/mol. The van der Waals surface area contributed by atoms with E-state index in [1.165, 1.54) is 0 Å².